The summed E-state index contributed by atoms with van der Waals surface area (Å²) in [6.45, 7) is 5.82. The zero-order valence-electron chi connectivity index (χ0n) is 17.1. The molecule has 1 aliphatic rings. The van der Waals surface area contributed by atoms with Gasteiger partial charge in [-0.25, -0.2) is 9.59 Å². The summed E-state index contributed by atoms with van der Waals surface area (Å²) in [6.07, 6.45) is 5.96. The third kappa shape index (κ3) is 6.89. The van der Waals surface area contributed by atoms with Crippen molar-refractivity contribution in [1.29, 1.82) is 0 Å². The Morgan fingerprint density at radius 3 is 2.30 bits per heavy atom. The van der Waals surface area contributed by atoms with Gasteiger partial charge in [0, 0.05) is 6.54 Å². The first-order valence-corrected chi connectivity index (χ1v) is 9.91. The molecule has 0 unspecified atom stereocenters. The van der Waals surface area contributed by atoms with Crippen LogP contribution in [0.1, 0.15) is 64.9 Å². The summed E-state index contributed by atoms with van der Waals surface area (Å²) in [7, 11) is 1.38. The molecule has 2 rings (SSSR count). The van der Waals surface area contributed by atoms with E-state index in [1.807, 2.05) is 51.1 Å². The van der Waals surface area contributed by atoms with E-state index in [0.717, 1.165) is 18.4 Å². The zero-order valence-corrected chi connectivity index (χ0v) is 17.1. The van der Waals surface area contributed by atoms with Crippen LogP contribution < -0.4 is 0 Å². The Morgan fingerprint density at radius 2 is 1.74 bits per heavy atom. The maximum atomic E-state index is 13.0. The molecule has 150 valence electrons. The summed E-state index contributed by atoms with van der Waals surface area (Å²) >= 11 is 0. The Balaban J connectivity index is 2.26. The highest BCUT2D eigenvalue weighted by Crippen LogP contribution is 2.30. The van der Waals surface area contributed by atoms with E-state index in [0.29, 0.717) is 18.9 Å². The van der Waals surface area contributed by atoms with Gasteiger partial charge in [-0.1, -0.05) is 62.4 Å². The van der Waals surface area contributed by atoms with Gasteiger partial charge in [0.15, 0.2) is 0 Å². The normalized spacial score (nSPS) is 16.4. The summed E-state index contributed by atoms with van der Waals surface area (Å²) in [5.74, 6) is 0.0610. The van der Waals surface area contributed by atoms with Gasteiger partial charge in [0.05, 0.1) is 7.11 Å². The average molecular weight is 376 g/mol. The summed E-state index contributed by atoms with van der Waals surface area (Å²) in [4.78, 5) is 27.1. The molecule has 1 amide bonds. The first kappa shape index (κ1) is 21.3. The molecular formula is C22H33NO4. The molecule has 0 radical (unpaired) electrons. The Hall–Kier alpha value is -2.04. The fraction of sp³-hybridized carbons (Fsp3) is 0.636. The van der Waals surface area contributed by atoms with Gasteiger partial charge in [-0.2, -0.15) is 0 Å². The quantitative estimate of drug-likeness (QED) is 0.661. The fourth-order valence-electron chi connectivity index (χ4n) is 3.63. The lowest BCUT2D eigenvalue weighted by molar-refractivity contribution is -0.148. The molecule has 0 saturated heterocycles. The zero-order chi connectivity index (χ0) is 19.9. The molecule has 1 aromatic carbocycles. The van der Waals surface area contributed by atoms with Gasteiger partial charge >= 0.3 is 12.1 Å². The topological polar surface area (TPSA) is 55.8 Å². The smallest absolute Gasteiger partial charge is 0.411 e. The van der Waals surface area contributed by atoms with Crippen LogP contribution in [0.15, 0.2) is 30.3 Å². The van der Waals surface area contributed by atoms with Crippen molar-refractivity contribution < 1.29 is 19.1 Å². The second-order valence-corrected chi connectivity index (χ2v) is 8.37. The maximum Gasteiger partial charge on any atom is 0.411 e. The van der Waals surface area contributed by atoms with Crippen LogP contribution in [0, 0.1) is 5.92 Å². The van der Waals surface area contributed by atoms with Gasteiger partial charge in [0.1, 0.15) is 11.6 Å². The van der Waals surface area contributed by atoms with Crippen molar-refractivity contribution in [2.24, 2.45) is 5.92 Å². The van der Waals surface area contributed by atoms with E-state index in [4.69, 9.17) is 9.47 Å². The third-order valence-corrected chi connectivity index (χ3v) is 4.95. The van der Waals surface area contributed by atoms with Gasteiger partial charge in [-0.3, -0.25) is 4.90 Å². The van der Waals surface area contributed by atoms with Crippen molar-refractivity contribution in [3.63, 3.8) is 0 Å². The van der Waals surface area contributed by atoms with Crippen molar-refractivity contribution in [3.05, 3.63) is 35.9 Å². The average Bonchev–Trinajstić information content (AvgIpc) is 2.64. The number of hydrogen-bond donors (Lipinski definition) is 0. The number of rotatable bonds is 6. The number of carbonyl (C=O) groups excluding carboxylic acids is 2. The molecule has 0 aliphatic heterocycles. The molecule has 0 spiro atoms. The molecule has 5 heteroatoms. The highest BCUT2D eigenvalue weighted by molar-refractivity contribution is 5.81. The SMILES string of the molecule is COC(=O)[C@H](CC1CCCCC1)N(Cc1ccccc1)C(=O)OC(C)(C)C. The minimum absolute atomic E-state index is 0.322. The van der Waals surface area contributed by atoms with Gasteiger partial charge in [-0.15, -0.1) is 0 Å². The maximum absolute atomic E-state index is 13.0. The molecule has 1 saturated carbocycles. The number of nitrogens with zero attached hydrogens (tertiary/aromatic N) is 1. The van der Waals surface area contributed by atoms with E-state index in [9.17, 15) is 9.59 Å². The van der Waals surface area contributed by atoms with Crippen LogP contribution in [0.2, 0.25) is 0 Å². The highest BCUT2D eigenvalue weighted by Gasteiger charge is 2.35. The second kappa shape index (κ2) is 9.77. The number of methoxy groups -OCH3 is 1. The van der Waals surface area contributed by atoms with E-state index in [1.54, 1.807) is 4.90 Å². The Kier molecular flexibility index (Phi) is 7.69. The molecular weight excluding hydrogens is 342 g/mol. The molecule has 0 aromatic heterocycles. The molecule has 1 aromatic rings. The van der Waals surface area contributed by atoms with Crippen LogP contribution in [-0.4, -0.2) is 35.7 Å². The lowest BCUT2D eigenvalue weighted by atomic mass is 9.84. The van der Waals surface area contributed by atoms with Crippen LogP contribution in [0.5, 0.6) is 0 Å². The van der Waals surface area contributed by atoms with Crippen LogP contribution in [0.4, 0.5) is 4.79 Å². The molecule has 1 atom stereocenters. The Bertz CT molecular complexity index is 602. The number of amides is 1. The van der Waals surface area contributed by atoms with Crippen LogP contribution in [-0.2, 0) is 20.8 Å². The molecule has 1 aliphatic carbocycles. The number of ether oxygens (including phenoxy) is 2. The van der Waals surface area contributed by atoms with Crippen molar-refractivity contribution in [1.82, 2.24) is 4.90 Å². The molecule has 27 heavy (non-hydrogen) atoms. The number of carbonyl (C=O) groups is 2. The van der Waals surface area contributed by atoms with Gasteiger partial charge < -0.3 is 9.47 Å². The van der Waals surface area contributed by atoms with E-state index < -0.39 is 17.7 Å². The van der Waals surface area contributed by atoms with Crippen molar-refractivity contribution in [3.8, 4) is 0 Å². The second-order valence-electron chi connectivity index (χ2n) is 8.37. The van der Waals surface area contributed by atoms with Crippen LogP contribution in [0.25, 0.3) is 0 Å². The molecule has 1 fully saturated rings. The lowest BCUT2D eigenvalue weighted by Crippen LogP contribution is -2.48. The minimum Gasteiger partial charge on any atom is -0.467 e. The number of benzene rings is 1. The van der Waals surface area contributed by atoms with E-state index in [1.165, 1.54) is 26.4 Å². The first-order chi connectivity index (χ1) is 12.8. The van der Waals surface area contributed by atoms with E-state index in [-0.39, 0.29) is 5.97 Å². The molecule has 5 nitrogen and oxygen atoms in total. The van der Waals surface area contributed by atoms with Gasteiger partial charge in [0.25, 0.3) is 0 Å². The third-order valence-electron chi connectivity index (χ3n) is 4.95. The lowest BCUT2D eigenvalue weighted by Gasteiger charge is -2.34. The van der Waals surface area contributed by atoms with E-state index >= 15 is 0 Å². The highest BCUT2D eigenvalue weighted by atomic mass is 16.6. The van der Waals surface area contributed by atoms with Gasteiger partial charge in [-0.05, 0) is 38.7 Å². The summed E-state index contributed by atoms with van der Waals surface area (Å²) < 4.78 is 10.7. The Morgan fingerprint density at radius 1 is 1.11 bits per heavy atom. The summed E-state index contributed by atoms with van der Waals surface area (Å²) in [5.41, 5.74) is 0.332. The number of hydrogen-bond acceptors (Lipinski definition) is 4. The van der Waals surface area contributed by atoms with Crippen molar-refractivity contribution in [2.75, 3.05) is 7.11 Å². The molecule has 0 bridgehead atoms. The first-order valence-electron chi connectivity index (χ1n) is 9.91. The number of esters is 1. The fourth-order valence-corrected chi connectivity index (χ4v) is 3.63. The molecule has 0 heterocycles. The van der Waals surface area contributed by atoms with Crippen molar-refractivity contribution >= 4 is 12.1 Å². The monoisotopic (exact) mass is 375 g/mol. The van der Waals surface area contributed by atoms with Crippen LogP contribution >= 0.6 is 0 Å². The van der Waals surface area contributed by atoms with Crippen LogP contribution in [0.3, 0.4) is 0 Å². The van der Waals surface area contributed by atoms with Crippen molar-refractivity contribution in [2.45, 2.75) is 77.5 Å². The van der Waals surface area contributed by atoms with E-state index in [2.05, 4.69) is 0 Å². The van der Waals surface area contributed by atoms with Gasteiger partial charge in [0.2, 0.25) is 0 Å². The minimum atomic E-state index is -0.631. The summed E-state index contributed by atoms with van der Waals surface area (Å²) in [5, 5.41) is 0. The standard InChI is InChI=1S/C22H33NO4/c1-22(2,3)27-21(25)23(16-18-13-9-6-10-14-18)19(20(24)26-4)15-17-11-7-5-8-12-17/h6,9-10,13-14,17,19H,5,7-8,11-12,15-16H2,1-4H3/t19-/m0/s1. The largest absolute Gasteiger partial charge is 0.467 e. The Labute approximate surface area is 163 Å². The predicted octanol–water partition coefficient (Wildman–Crippen LogP) is 4.94. The molecule has 0 N–H and O–H groups in total. The summed E-state index contributed by atoms with van der Waals surface area (Å²) in [6, 6.07) is 9.06. The predicted molar refractivity (Wildman–Crippen MR) is 105 cm³/mol.